The van der Waals surface area contributed by atoms with Gasteiger partial charge in [0.2, 0.25) is 0 Å². The minimum Gasteiger partial charge on any atom is -0.389 e. The summed E-state index contributed by atoms with van der Waals surface area (Å²) in [4.78, 5) is 1.90. The van der Waals surface area contributed by atoms with Gasteiger partial charge in [0.1, 0.15) is 11.6 Å². The average molecular weight is 277 g/mol. The molecule has 20 heavy (non-hydrogen) atoms. The van der Waals surface area contributed by atoms with Crippen LogP contribution in [-0.2, 0) is 0 Å². The van der Waals surface area contributed by atoms with E-state index in [-0.39, 0.29) is 11.6 Å². The zero-order valence-electron chi connectivity index (χ0n) is 11.5. The summed E-state index contributed by atoms with van der Waals surface area (Å²) >= 11 is 0. The molecule has 0 spiro atoms. The normalized spacial score (nSPS) is 12.2. The summed E-state index contributed by atoms with van der Waals surface area (Å²) in [6.45, 7) is 4.16. The van der Waals surface area contributed by atoms with Gasteiger partial charge in [0.25, 0.3) is 0 Å². The largest absolute Gasteiger partial charge is 0.389 e. The van der Waals surface area contributed by atoms with Gasteiger partial charge in [0, 0.05) is 23.5 Å². The van der Waals surface area contributed by atoms with Crippen LogP contribution in [0.2, 0.25) is 0 Å². The molecule has 0 heterocycles. The van der Waals surface area contributed by atoms with E-state index in [1.165, 1.54) is 24.3 Å². The van der Waals surface area contributed by atoms with Gasteiger partial charge in [0.15, 0.2) is 0 Å². The van der Waals surface area contributed by atoms with Gasteiger partial charge in [-0.3, -0.25) is 0 Å². The molecule has 0 aliphatic carbocycles. The summed E-state index contributed by atoms with van der Waals surface area (Å²) in [5.74, 6) is -0.695. The van der Waals surface area contributed by atoms with Crippen molar-refractivity contribution in [3.05, 3.63) is 59.7 Å². The molecule has 2 nitrogen and oxygen atoms in total. The Bertz CT molecular complexity index is 582. The molecule has 0 aromatic heterocycles. The Labute approximate surface area is 117 Å². The van der Waals surface area contributed by atoms with Crippen molar-refractivity contribution in [1.29, 1.82) is 0 Å². The number of hydrogen-bond acceptors (Lipinski definition) is 2. The summed E-state index contributed by atoms with van der Waals surface area (Å²) in [5, 5.41) is 9.81. The monoisotopic (exact) mass is 277 g/mol. The van der Waals surface area contributed by atoms with Crippen LogP contribution in [0.5, 0.6) is 0 Å². The fraction of sp³-hybridized carbons (Fsp3) is 0.250. The van der Waals surface area contributed by atoms with Crippen molar-refractivity contribution in [3.63, 3.8) is 0 Å². The van der Waals surface area contributed by atoms with Crippen molar-refractivity contribution >= 4 is 11.4 Å². The molecule has 4 heteroatoms. The lowest BCUT2D eigenvalue weighted by molar-refractivity contribution is 0.199. The smallest absolute Gasteiger partial charge is 0.123 e. The van der Waals surface area contributed by atoms with Crippen molar-refractivity contribution in [2.24, 2.45) is 0 Å². The first-order valence-corrected chi connectivity index (χ1v) is 6.53. The molecule has 0 fully saturated rings. The molecular weight excluding hydrogens is 260 g/mol. The molecule has 0 unspecified atom stereocenters. The number of anilines is 2. The van der Waals surface area contributed by atoms with E-state index in [0.717, 1.165) is 11.4 Å². The lowest BCUT2D eigenvalue weighted by Gasteiger charge is -2.27. The maximum Gasteiger partial charge on any atom is 0.123 e. The van der Waals surface area contributed by atoms with Crippen molar-refractivity contribution in [3.8, 4) is 0 Å². The molecule has 1 atom stereocenters. The average Bonchev–Trinajstić information content (AvgIpc) is 2.43. The summed E-state index contributed by atoms with van der Waals surface area (Å²) in [6, 6.07) is 10.4. The Hall–Kier alpha value is -1.94. The Kier molecular flexibility index (Phi) is 4.35. The predicted molar refractivity (Wildman–Crippen MR) is 76.1 cm³/mol. The number of halogens is 2. The van der Waals surface area contributed by atoms with E-state index in [2.05, 4.69) is 0 Å². The fourth-order valence-electron chi connectivity index (χ4n) is 2.22. The van der Waals surface area contributed by atoms with Crippen LogP contribution in [0, 0.1) is 11.6 Å². The maximum absolute atomic E-state index is 13.4. The van der Waals surface area contributed by atoms with Crippen LogP contribution < -0.4 is 4.90 Å². The van der Waals surface area contributed by atoms with Crippen LogP contribution >= 0.6 is 0 Å². The molecule has 1 N–H and O–H groups in total. The molecular formula is C16H17F2NO. The van der Waals surface area contributed by atoms with Crippen molar-refractivity contribution in [1.82, 2.24) is 0 Å². The van der Waals surface area contributed by atoms with Gasteiger partial charge in [-0.05, 0) is 56.3 Å². The highest BCUT2D eigenvalue weighted by atomic mass is 19.1. The van der Waals surface area contributed by atoms with Crippen LogP contribution in [0.15, 0.2) is 42.5 Å². The molecule has 2 aromatic rings. The van der Waals surface area contributed by atoms with Crippen LogP contribution in [0.4, 0.5) is 20.2 Å². The van der Waals surface area contributed by atoms with Gasteiger partial charge in [-0.2, -0.15) is 0 Å². The lowest BCUT2D eigenvalue weighted by Crippen LogP contribution is -2.18. The van der Waals surface area contributed by atoms with Gasteiger partial charge < -0.3 is 10.0 Å². The first kappa shape index (κ1) is 14.5. The molecule has 0 aliphatic heterocycles. The number of hydrogen-bond donors (Lipinski definition) is 1. The maximum atomic E-state index is 13.4. The third-order valence-electron chi connectivity index (χ3n) is 3.18. The molecule has 2 rings (SSSR count). The summed E-state index contributed by atoms with van der Waals surface area (Å²) < 4.78 is 26.4. The van der Waals surface area contributed by atoms with Gasteiger partial charge in [-0.1, -0.05) is 0 Å². The zero-order valence-corrected chi connectivity index (χ0v) is 11.5. The van der Waals surface area contributed by atoms with Crippen LogP contribution in [0.25, 0.3) is 0 Å². The molecule has 0 bridgehead atoms. The summed E-state index contributed by atoms with van der Waals surface area (Å²) in [5.41, 5.74) is 2.02. The third-order valence-corrected chi connectivity index (χ3v) is 3.18. The van der Waals surface area contributed by atoms with E-state index >= 15 is 0 Å². The molecule has 0 saturated heterocycles. The number of aliphatic hydroxyl groups excluding tert-OH is 1. The first-order chi connectivity index (χ1) is 9.52. The molecule has 0 saturated carbocycles. The molecule has 2 aromatic carbocycles. The van der Waals surface area contributed by atoms with Crippen LogP contribution in [0.1, 0.15) is 25.5 Å². The minimum atomic E-state index is -0.782. The summed E-state index contributed by atoms with van der Waals surface area (Å²) in [6.07, 6.45) is -0.782. The molecule has 0 aliphatic rings. The van der Waals surface area contributed by atoms with E-state index < -0.39 is 6.10 Å². The zero-order chi connectivity index (χ0) is 14.7. The quantitative estimate of drug-likeness (QED) is 0.906. The third kappa shape index (κ3) is 2.96. The van der Waals surface area contributed by atoms with E-state index in [1.54, 1.807) is 25.1 Å². The van der Waals surface area contributed by atoms with Gasteiger partial charge in [-0.25, -0.2) is 8.78 Å². The van der Waals surface area contributed by atoms with Crippen molar-refractivity contribution in [2.45, 2.75) is 20.0 Å². The number of rotatable bonds is 4. The lowest BCUT2D eigenvalue weighted by atomic mass is 10.1. The Balaban J connectivity index is 2.49. The highest BCUT2D eigenvalue weighted by Crippen LogP contribution is 2.32. The Morgan fingerprint density at radius 3 is 2.20 bits per heavy atom. The number of benzene rings is 2. The fourth-order valence-corrected chi connectivity index (χ4v) is 2.22. The highest BCUT2D eigenvalue weighted by molar-refractivity contribution is 5.66. The predicted octanol–water partition coefficient (Wildman–Crippen LogP) is 4.18. The topological polar surface area (TPSA) is 23.5 Å². The van der Waals surface area contributed by atoms with Crippen LogP contribution in [-0.4, -0.2) is 11.7 Å². The minimum absolute atomic E-state index is 0.306. The van der Waals surface area contributed by atoms with Gasteiger partial charge >= 0.3 is 0 Å². The molecule has 106 valence electrons. The highest BCUT2D eigenvalue weighted by Gasteiger charge is 2.15. The number of aliphatic hydroxyl groups is 1. The van der Waals surface area contributed by atoms with Crippen LogP contribution in [0.3, 0.4) is 0 Å². The number of nitrogens with zero attached hydrogens (tertiary/aromatic N) is 1. The second-order valence-electron chi connectivity index (χ2n) is 4.60. The molecule has 0 radical (unpaired) electrons. The SMILES string of the molecule is CCN(c1ccc(F)cc1)c1ccc(F)cc1[C@H](C)O. The standard InChI is InChI=1S/C16H17F2NO/c1-3-19(14-7-4-12(17)5-8-14)16-9-6-13(18)10-15(16)11(2)20/h4-11,20H,3H2,1-2H3/t11-/m0/s1. The van der Waals surface area contributed by atoms with E-state index in [1.807, 2.05) is 11.8 Å². The second kappa shape index (κ2) is 6.01. The molecule has 0 amide bonds. The van der Waals surface area contributed by atoms with Crippen molar-refractivity contribution in [2.75, 3.05) is 11.4 Å². The van der Waals surface area contributed by atoms with E-state index in [0.29, 0.717) is 12.1 Å². The van der Waals surface area contributed by atoms with E-state index in [4.69, 9.17) is 0 Å². The first-order valence-electron chi connectivity index (χ1n) is 6.53. The summed E-state index contributed by atoms with van der Waals surface area (Å²) in [7, 11) is 0. The van der Waals surface area contributed by atoms with Gasteiger partial charge in [-0.15, -0.1) is 0 Å². The van der Waals surface area contributed by atoms with Gasteiger partial charge in [0.05, 0.1) is 6.10 Å². The Morgan fingerprint density at radius 2 is 1.65 bits per heavy atom. The van der Waals surface area contributed by atoms with Crippen molar-refractivity contribution < 1.29 is 13.9 Å². The van der Waals surface area contributed by atoms with E-state index in [9.17, 15) is 13.9 Å². The second-order valence-corrected chi connectivity index (χ2v) is 4.60. The Morgan fingerprint density at radius 1 is 1.05 bits per heavy atom.